The van der Waals surface area contributed by atoms with Crippen LogP contribution in [0.5, 0.6) is 0 Å². The number of nitrogens with zero attached hydrogens (tertiary/aromatic N) is 2. The number of carbonyl (C=O) groups is 1. The largest absolute Gasteiger partial charge is 0.481 e. The van der Waals surface area contributed by atoms with Crippen LogP contribution in [0.1, 0.15) is 5.69 Å². The minimum atomic E-state index is -0.999. The van der Waals surface area contributed by atoms with Crippen LogP contribution < -0.4 is 0 Å². The topological polar surface area (TPSA) is 70.4 Å². The second-order valence-corrected chi connectivity index (χ2v) is 3.91. The molecule has 2 N–H and O–H groups in total. The summed E-state index contributed by atoms with van der Waals surface area (Å²) in [6.45, 7) is 0. The molecule has 0 saturated heterocycles. The van der Waals surface area contributed by atoms with Crippen molar-refractivity contribution >= 4 is 22.8 Å². The molecule has 7 heteroatoms. The summed E-state index contributed by atoms with van der Waals surface area (Å²) in [6.07, 6.45) is 1.26. The molecule has 0 aliphatic rings. The smallest absolute Gasteiger partial charge is 0.309 e. The van der Waals surface area contributed by atoms with Crippen LogP contribution in [0.25, 0.3) is 16.8 Å². The molecular weight excluding hydrogens is 244 g/mol. The fourth-order valence-corrected chi connectivity index (χ4v) is 1.92. The number of halogens is 2. The number of carboxylic acids is 1. The van der Waals surface area contributed by atoms with Crippen molar-refractivity contribution in [3.05, 3.63) is 35.7 Å². The molecule has 0 saturated carbocycles. The first-order valence-electron chi connectivity index (χ1n) is 5.11. The van der Waals surface area contributed by atoms with E-state index in [2.05, 4.69) is 9.97 Å². The average molecular weight is 251 g/mol. The van der Waals surface area contributed by atoms with Crippen LogP contribution in [0.3, 0.4) is 0 Å². The van der Waals surface area contributed by atoms with Gasteiger partial charge in [0.05, 0.1) is 11.9 Å². The highest BCUT2D eigenvalue weighted by atomic mass is 19.1. The Morgan fingerprint density at radius 1 is 1.44 bits per heavy atom. The molecule has 0 aliphatic carbocycles. The van der Waals surface area contributed by atoms with Crippen LogP contribution in [0.4, 0.5) is 8.78 Å². The Hall–Kier alpha value is -2.44. The summed E-state index contributed by atoms with van der Waals surface area (Å²) >= 11 is 0. The molecule has 0 bridgehead atoms. The standard InChI is InChI=1S/C11H7F2N3O2/c12-5-1-7(13)10-8(2-5)16-4-6(3-9(17)18)14-11(16)15-10/h1-2,4H,3H2,(H,14,15)(H,17,18). The summed E-state index contributed by atoms with van der Waals surface area (Å²) in [5.74, 6) is -2.17. The Balaban J connectivity index is 2.27. The van der Waals surface area contributed by atoms with Crippen LogP contribution >= 0.6 is 0 Å². The summed E-state index contributed by atoms with van der Waals surface area (Å²) < 4.78 is 28.0. The third-order valence-corrected chi connectivity index (χ3v) is 2.61. The Morgan fingerprint density at radius 2 is 2.22 bits per heavy atom. The van der Waals surface area contributed by atoms with Gasteiger partial charge in [0.1, 0.15) is 11.3 Å². The van der Waals surface area contributed by atoms with E-state index in [0.717, 1.165) is 12.1 Å². The lowest BCUT2D eigenvalue weighted by Gasteiger charge is -1.93. The summed E-state index contributed by atoms with van der Waals surface area (Å²) in [4.78, 5) is 17.3. The molecule has 5 nitrogen and oxygen atoms in total. The molecule has 3 aromatic rings. The van der Waals surface area contributed by atoms with E-state index in [-0.39, 0.29) is 23.2 Å². The Labute approximate surface area is 98.7 Å². The molecule has 0 fully saturated rings. The van der Waals surface area contributed by atoms with E-state index in [9.17, 15) is 13.6 Å². The molecule has 0 unspecified atom stereocenters. The van der Waals surface area contributed by atoms with Crippen molar-refractivity contribution in [3.8, 4) is 0 Å². The maximum atomic E-state index is 13.4. The van der Waals surface area contributed by atoms with E-state index in [4.69, 9.17) is 5.11 Å². The number of carboxylic acid groups (broad SMARTS) is 1. The monoisotopic (exact) mass is 251 g/mol. The van der Waals surface area contributed by atoms with E-state index in [1.807, 2.05) is 0 Å². The molecule has 0 aliphatic heterocycles. The van der Waals surface area contributed by atoms with E-state index < -0.39 is 17.6 Å². The summed E-state index contributed by atoms with van der Waals surface area (Å²) in [5, 5.41) is 8.66. The minimum absolute atomic E-state index is 0.0459. The van der Waals surface area contributed by atoms with Gasteiger partial charge in [0, 0.05) is 24.0 Å². The van der Waals surface area contributed by atoms with Gasteiger partial charge in [0.15, 0.2) is 5.82 Å². The first-order chi connectivity index (χ1) is 8.54. The van der Waals surface area contributed by atoms with E-state index in [1.54, 1.807) is 0 Å². The van der Waals surface area contributed by atoms with Gasteiger partial charge in [-0.15, -0.1) is 0 Å². The Kier molecular flexibility index (Phi) is 2.09. The van der Waals surface area contributed by atoms with Crippen LogP contribution in [0, 0.1) is 11.6 Å². The van der Waals surface area contributed by atoms with Crippen LogP contribution in [0.2, 0.25) is 0 Å². The lowest BCUT2D eigenvalue weighted by Crippen LogP contribution is -1.99. The second-order valence-electron chi connectivity index (χ2n) is 3.91. The molecule has 3 rings (SSSR count). The number of aromatic nitrogens is 3. The quantitative estimate of drug-likeness (QED) is 0.728. The number of aromatic amines is 1. The average Bonchev–Trinajstić information content (AvgIpc) is 2.75. The molecule has 0 spiro atoms. The Bertz CT molecular complexity index is 775. The SMILES string of the molecule is O=C(O)Cc1cn2c(nc3c(F)cc(F)cc32)[nH]1. The van der Waals surface area contributed by atoms with Crippen LogP contribution in [0.15, 0.2) is 18.3 Å². The predicted molar refractivity (Wildman–Crippen MR) is 58.3 cm³/mol. The van der Waals surface area contributed by atoms with Gasteiger partial charge < -0.3 is 10.1 Å². The van der Waals surface area contributed by atoms with Crippen molar-refractivity contribution in [3.63, 3.8) is 0 Å². The van der Waals surface area contributed by atoms with Gasteiger partial charge in [0.25, 0.3) is 0 Å². The molecule has 1 aromatic carbocycles. The van der Waals surface area contributed by atoms with Crippen molar-refractivity contribution in [2.75, 3.05) is 0 Å². The summed E-state index contributed by atoms with van der Waals surface area (Å²) in [6, 6.07) is 1.91. The number of nitrogens with one attached hydrogen (secondary N) is 1. The number of H-pyrrole nitrogens is 1. The highest BCUT2D eigenvalue weighted by Crippen LogP contribution is 2.21. The second kappa shape index (κ2) is 3.52. The Morgan fingerprint density at radius 3 is 2.94 bits per heavy atom. The summed E-state index contributed by atoms with van der Waals surface area (Å²) in [5.41, 5.74) is 0.719. The molecule has 2 aromatic heterocycles. The molecule has 2 heterocycles. The molecule has 92 valence electrons. The van der Waals surface area contributed by atoms with Gasteiger partial charge in [-0.25, -0.2) is 13.8 Å². The van der Waals surface area contributed by atoms with Gasteiger partial charge in [0.2, 0.25) is 5.78 Å². The van der Waals surface area contributed by atoms with Crippen molar-refractivity contribution in [2.45, 2.75) is 6.42 Å². The number of fused-ring (bicyclic) bond motifs is 3. The lowest BCUT2D eigenvalue weighted by atomic mass is 10.3. The molecule has 18 heavy (non-hydrogen) atoms. The van der Waals surface area contributed by atoms with E-state index in [0.29, 0.717) is 5.69 Å². The van der Waals surface area contributed by atoms with Gasteiger partial charge in [-0.2, -0.15) is 0 Å². The van der Waals surface area contributed by atoms with Gasteiger partial charge >= 0.3 is 5.97 Å². The summed E-state index contributed by atoms with van der Waals surface area (Å²) in [7, 11) is 0. The fraction of sp³-hybridized carbons (Fsp3) is 0.0909. The number of aliphatic carboxylic acids is 1. The minimum Gasteiger partial charge on any atom is -0.481 e. The van der Waals surface area contributed by atoms with Crippen molar-refractivity contribution < 1.29 is 18.7 Å². The van der Waals surface area contributed by atoms with Crippen molar-refractivity contribution in [1.29, 1.82) is 0 Å². The first kappa shape index (κ1) is 10.7. The zero-order valence-electron chi connectivity index (χ0n) is 8.94. The van der Waals surface area contributed by atoms with Crippen molar-refractivity contribution in [1.82, 2.24) is 14.4 Å². The van der Waals surface area contributed by atoms with Gasteiger partial charge in [-0.1, -0.05) is 0 Å². The van der Waals surface area contributed by atoms with Crippen LogP contribution in [-0.4, -0.2) is 25.4 Å². The third kappa shape index (κ3) is 1.52. The number of rotatable bonds is 2. The van der Waals surface area contributed by atoms with Crippen molar-refractivity contribution in [2.24, 2.45) is 0 Å². The number of imidazole rings is 2. The third-order valence-electron chi connectivity index (χ3n) is 2.61. The zero-order valence-corrected chi connectivity index (χ0v) is 8.94. The molecule has 0 radical (unpaired) electrons. The first-order valence-corrected chi connectivity index (χ1v) is 5.11. The molecule has 0 amide bonds. The predicted octanol–water partition coefficient (Wildman–Crippen LogP) is 1.72. The number of benzene rings is 1. The molecule has 0 atom stereocenters. The maximum Gasteiger partial charge on any atom is 0.309 e. The number of hydrogen-bond donors (Lipinski definition) is 2. The lowest BCUT2D eigenvalue weighted by molar-refractivity contribution is -0.136. The highest BCUT2D eigenvalue weighted by Gasteiger charge is 2.14. The van der Waals surface area contributed by atoms with Gasteiger partial charge in [-0.05, 0) is 0 Å². The number of hydrogen-bond acceptors (Lipinski definition) is 2. The molecular formula is C11H7F2N3O2. The van der Waals surface area contributed by atoms with Gasteiger partial charge in [-0.3, -0.25) is 9.20 Å². The maximum absolute atomic E-state index is 13.4. The highest BCUT2D eigenvalue weighted by molar-refractivity contribution is 5.80. The van der Waals surface area contributed by atoms with Crippen LogP contribution in [-0.2, 0) is 11.2 Å². The normalized spacial score (nSPS) is 11.4. The fourth-order valence-electron chi connectivity index (χ4n) is 1.92. The van der Waals surface area contributed by atoms with E-state index in [1.165, 1.54) is 10.6 Å². The zero-order chi connectivity index (χ0) is 12.9. The van der Waals surface area contributed by atoms with E-state index >= 15 is 0 Å².